The molecule has 1 amide bonds. The zero-order chi connectivity index (χ0) is 21.8. The molecule has 4 aromatic rings. The number of carbonyl (C=O) groups is 1. The average Bonchev–Trinajstić information content (AvgIpc) is 3.16. The third-order valence-electron chi connectivity index (χ3n) is 4.36. The Morgan fingerprint density at radius 2 is 1.77 bits per heavy atom. The minimum Gasteiger partial charge on any atom is -0.320 e. The molecule has 0 aliphatic carbocycles. The number of thioether (sulfide) groups is 1. The molecule has 0 spiro atoms. The van der Waals surface area contributed by atoms with Crippen LogP contribution in [0.4, 0.5) is 5.69 Å². The smallest absolute Gasteiger partial charge is 0.278 e. The van der Waals surface area contributed by atoms with Gasteiger partial charge in [0.2, 0.25) is 0 Å². The number of nitrogens with zero attached hydrogens (tertiary/aromatic N) is 5. The van der Waals surface area contributed by atoms with Crippen LogP contribution in [0.5, 0.6) is 0 Å². The molecular weight excluding hydrogens is 476 g/mol. The molecule has 0 radical (unpaired) electrons. The van der Waals surface area contributed by atoms with Gasteiger partial charge >= 0.3 is 0 Å². The van der Waals surface area contributed by atoms with Crippen molar-refractivity contribution in [2.45, 2.75) is 24.8 Å². The van der Waals surface area contributed by atoms with Crippen molar-refractivity contribution in [1.82, 2.24) is 25.0 Å². The van der Waals surface area contributed by atoms with Crippen LogP contribution in [-0.4, -0.2) is 30.9 Å². The normalized spacial score (nSPS) is 10.8. The second kappa shape index (κ2) is 9.40. The fourth-order valence-corrected chi connectivity index (χ4v) is 4.37. The van der Waals surface area contributed by atoms with Crippen molar-refractivity contribution < 1.29 is 4.79 Å². The molecule has 2 aromatic heterocycles. The number of nitrogens with one attached hydrogen (secondary N) is 1. The summed E-state index contributed by atoms with van der Waals surface area (Å²) in [5.74, 6) is 0.115. The van der Waals surface area contributed by atoms with E-state index in [1.54, 1.807) is 4.68 Å². The molecule has 0 aliphatic rings. The maximum Gasteiger partial charge on any atom is 0.278 e. The summed E-state index contributed by atoms with van der Waals surface area (Å²) in [7, 11) is 0. The number of para-hydroxylation sites is 1. The topological polar surface area (TPSA) is 85.6 Å². The third-order valence-corrected chi connectivity index (χ3v) is 5.71. The quantitative estimate of drug-likeness (QED) is 0.300. The summed E-state index contributed by atoms with van der Waals surface area (Å²) in [6.45, 7) is 3.87. The molecule has 0 fully saturated rings. The first kappa shape index (κ1) is 21.2. The number of benzene rings is 2. The number of anilines is 1. The van der Waals surface area contributed by atoms with Gasteiger partial charge in [0, 0.05) is 27.3 Å². The van der Waals surface area contributed by atoms with Gasteiger partial charge in [-0.3, -0.25) is 4.79 Å². The Bertz CT molecular complexity index is 1210. The van der Waals surface area contributed by atoms with Crippen LogP contribution in [0.2, 0.25) is 0 Å². The predicted molar refractivity (Wildman–Crippen MR) is 125 cm³/mol. The molecule has 4 rings (SSSR count). The van der Waals surface area contributed by atoms with Crippen molar-refractivity contribution in [3.05, 3.63) is 87.9 Å². The van der Waals surface area contributed by atoms with Crippen LogP contribution in [0, 0.1) is 13.8 Å². The summed E-state index contributed by atoms with van der Waals surface area (Å²) in [6, 6.07) is 18.9. The molecule has 2 heterocycles. The molecule has 2 aromatic carbocycles. The van der Waals surface area contributed by atoms with Crippen molar-refractivity contribution in [2.75, 3.05) is 5.32 Å². The summed E-state index contributed by atoms with van der Waals surface area (Å²) in [5, 5.41) is 12.0. The lowest BCUT2D eigenvalue weighted by Gasteiger charge is -2.09. The highest BCUT2D eigenvalue weighted by Gasteiger charge is 2.21. The van der Waals surface area contributed by atoms with Gasteiger partial charge in [-0.2, -0.15) is 0 Å². The van der Waals surface area contributed by atoms with Gasteiger partial charge in [0.15, 0.2) is 10.9 Å². The van der Waals surface area contributed by atoms with Crippen molar-refractivity contribution in [1.29, 1.82) is 0 Å². The van der Waals surface area contributed by atoms with Crippen LogP contribution in [0.3, 0.4) is 0 Å². The van der Waals surface area contributed by atoms with E-state index in [1.807, 2.05) is 74.5 Å². The summed E-state index contributed by atoms with van der Waals surface area (Å²) < 4.78 is 2.56. The van der Waals surface area contributed by atoms with Crippen LogP contribution in [0.15, 0.2) is 70.3 Å². The second-order valence-electron chi connectivity index (χ2n) is 6.82. The van der Waals surface area contributed by atoms with Gasteiger partial charge in [-0.05, 0) is 50.2 Å². The Kier molecular flexibility index (Phi) is 6.43. The number of amides is 1. The van der Waals surface area contributed by atoms with Crippen LogP contribution in [0.1, 0.15) is 27.6 Å². The van der Waals surface area contributed by atoms with E-state index in [1.165, 1.54) is 11.8 Å². The van der Waals surface area contributed by atoms with E-state index in [0.29, 0.717) is 22.3 Å². The largest absolute Gasteiger partial charge is 0.320 e. The molecule has 0 bridgehead atoms. The van der Waals surface area contributed by atoms with Gasteiger partial charge in [-0.15, -0.1) is 5.10 Å². The Morgan fingerprint density at radius 3 is 2.48 bits per heavy atom. The standard InChI is InChI=1S/C22H19BrN6OS/c1-14-11-15(2)25-22(24-14)31-13-19-20(21(30)26-17-8-6-7-16(23)12-17)27-28-29(19)18-9-4-3-5-10-18/h3-12H,13H2,1-2H3,(H,26,30). The average molecular weight is 495 g/mol. The zero-order valence-corrected chi connectivity index (χ0v) is 19.3. The van der Waals surface area contributed by atoms with Gasteiger partial charge in [-0.1, -0.05) is 57.2 Å². The molecule has 156 valence electrons. The van der Waals surface area contributed by atoms with Gasteiger partial charge < -0.3 is 5.32 Å². The van der Waals surface area contributed by atoms with Crippen LogP contribution >= 0.6 is 27.7 Å². The first-order chi connectivity index (χ1) is 15.0. The maximum atomic E-state index is 13.0. The Morgan fingerprint density at radius 1 is 1.03 bits per heavy atom. The molecule has 1 N–H and O–H groups in total. The van der Waals surface area contributed by atoms with Crippen molar-refractivity contribution in [3.63, 3.8) is 0 Å². The molecule has 0 saturated carbocycles. The minimum atomic E-state index is -0.322. The lowest BCUT2D eigenvalue weighted by Crippen LogP contribution is -2.15. The summed E-state index contributed by atoms with van der Waals surface area (Å²) in [4.78, 5) is 22.0. The summed E-state index contributed by atoms with van der Waals surface area (Å²) >= 11 is 4.86. The molecule has 0 unspecified atom stereocenters. The summed E-state index contributed by atoms with van der Waals surface area (Å²) in [6.07, 6.45) is 0. The molecule has 0 aliphatic heterocycles. The van der Waals surface area contributed by atoms with E-state index in [-0.39, 0.29) is 11.6 Å². The van der Waals surface area contributed by atoms with Crippen molar-refractivity contribution in [3.8, 4) is 5.69 Å². The maximum absolute atomic E-state index is 13.0. The molecule has 0 saturated heterocycles. The SMILES string of the molecule is Cc1cc(C)nc(SCc2c(C(=O)Nc3cccc(Br)c3)nnn2-c2ccccc2)n1. The van der Waals surface area contributed by atoms with E-state index in [2.05, 4.69) is 41.5 Å². The first-order valence-corrected chi connectivity index (χ1v) is 11.3. The van der Waals surface area contributed by atoms with Gasteiger partial charge in [-0.25, -0.2) is 14.6 Å². The number of aromatic nitrogens is 5. The van der Waals surface area contributed by atoms with Gasteiger partial charge in [0.05, 0.1) is 11.4 Å². The molecular formula is C22H19BrN6OS. The molecule has 7 nitrogen and oxygen atoms in total. The second-order valence-corrected chi connectivity index (χ2v) is 8.68. The monoisotopic (exact) mass is 494 g/mol. The minimum absolute atomic E-state index is 0.265. The highest BCUT2D eigenvalue weighted by molar-refractivity contribution is 9.10. The zero-order valence-electron chi connectivity index (χ0n) is 16.9. The van der Waals surface area contributed by atoms with E-state index < -0.39 is 0 Å². The number of halogens is 1. The number of hydrogen-bond donors (Lipinski definition) is 1. The highest BCUT2D eigenvalue weighted by atomic mass is 79.9. The van der Waals surface area contributed by atoms with E-state index in [9.17, 15) is 4.79 Å². The van der Waals surface area contributed by atoms with Crippen molar-refractivity contribution in [2.24, 2.45) is 0 Å². The number of hydrogen-bond acceptors (Lipinski definition) is 6. The Hall–Kier alpha value is -3.04. The van der Waals surface area contributed by atoms with Crippen LogP contribution < -0.4 is 5.32 Å². The molecule has 0 atom stereocenters. The fourth-order valence-electron chi connectivity index (χ4n) is 3.03. The summed E-state index contributed by atoms with van der Waals surface area (Å²) in [5.41, 5.74) is 4.24. The number of rotatable bonds is 6. The van der Waals surface area contributed by atoms with E-state index in [0.717, 1.165) is 21.5 Å². The van der Waals surface area contributed by atoms with E-state index >= 15 is 0 Å². The van der Waals surface area contributed by atoms with Gasteiger partial charge in [0.1, 0.15) is 0 Å². The molecule has 31 heavy (non-hydrogen) atoms. The highest BCUT2D eigenvalue weighted by Crippen LogP contribution is 2.24. The Balaban J connectivity index is 1.66. The fraction of sp³-hybridized carbons (Fsp3) is 0.136. The number of aryl methyl sites for hydroxylation is 2. The predicted octanol–water partition coefficient (Wildman–Crippen LogP) is 4.98. The van der Waals surface area contributed by atoms with Crippen molar-refractivity contribution >= 4 is 39.3 Å². The van der Waals surface area contributed by atoms with Crippen LogP contribution in [0.25, 0.3) is 5.69 Å². The number of carbonyl (C=O) groups excluding carboxylic acids is 1. The Labute approximate surface area is 192 Å². The van der Waals surface area contributed by atoms with E-state index in [4.69, 9.17) is 0 Å². The third kappa shape index (κ3) is 5.18. The molecule has 9 heteroatoms. The van der Waals surface area contributed by atoms with Gasteiger partial charge in [0.25, 0.3) is 5.91 Å². The lowest BCUT2D eigenvalue weighted by molar-refractivity contribution is 0.102. The first-order valence-electron chi connectivity index (χ1n) is 9.51. The van der Waals surface area contributed by atoms with Crippen LogP contribution in [-0.2, 0) is 5.75 Å². The lowest BCUT2D eigenvalue weighted by atomic mass is 10.2.